The summed E-state index contributed by atoms with van der Waals surface area (Å²) in [5, 5.41) is 18.2. The number of carboxylic acid groups (broad SMARTS) is 2. The van der Waals surface area contributed by atoms with Gasteiger partial charge in [-0.3, -0.25) is 9.59 Å². The molecule has 30 heavy (non-hydrogen) atoms. The lowest BCUT2D eigenvalue weighted by molar-refractivity contribution is -0.148. The molecule has 0 bridgehead atoms. The van der Waals surface area contributed by atoms with Gasteiger partial charge in [0, 0.05) is 6.07 Å². The van der Waals surface area contributed by atoms with Gasteiger partial charge in [-0.15, -0.1) is 0 Å². The number of aliphatic carboxylic acids is 2. The smallest absolute Gasteiger partial charge is 0.309 e. The van der Waals surface area contributed by atoms with Crippen molar-refractivity contribution >= 4 is 11.9 Å². The van der Waals surface area contributed by atoms with E-state index >= 15 is 0 Å². The number of hydrogen-bond donors (Lipinski definition) is 2. The highest BCUT2D eigenvalue weighted by Crippen LogP contribution is 2.25. The lowest BCUT2D eigenvalue weighted by Crippen LogP contribution is -2.23. The molecule has 170 valence electrons. The average molecular weight is 423 g/mol. The topological polar surface area (TPSA) is 93.1 Å². The normalized spacial score (nSPS) is 11.9. The number of carboxylic acids is 2. The van der Waals surface area contributed by atoms with Crippen molar-refractivity contribution in [3.05, 3.63) is 24.3 Å². The summed E-state index contributed by atoms with van der Waals surface area (Å²) in [5.74, 6) is 0.0301. The van der Waals surface area contributed by atoms with Crippen LogP contribution in [-0.4, -0.2) is 35.4 Å². The molecule has 0 saturated heterocycles. The molecule has 0 spiro atoms. The van der Waals surface area contributed by atoms with Crippen LogP contribution >= 0.6 is 0 Å². The molecule has 6 nitrogen and oxygen atoms in total. The fraction of sp³-hybridized carbons (Fsp3) is 0.667. The zero-order valence-electron chi connectivity index (χ0n) is 18.9. The van der Waals surface area contributed by atoms with Gasteiger partial charge >= 0.3 is 11.9 Å². The van der Waals surface area contributed by atoms with Crippen LogP contribution in [-0.2, 0) is 9.59 Å². The van der Waals surface area contributed by atoms with Gasteiger partial charge in [-0.1, -0.05) is 31.7 Å². The highest BCUT2D eigenvalue weighted by molar-refractivity contribution is 5.73. The standard InChI is InChI=1S/C24H38O6/c1-23(2,21(25)26)14-7-5-9-16-29-19-12-11-13-20(18-19)30-17-10-6-8-15-24(3,4)22(27)28/h11-13,18H,5-10,14-17H2,1-4H3,(H,25,26)(H,27,28). The van der Waals surface area contributed by atoms with Crippen LogP contribution in [0, 0.1) is 10.8 Å². The largest absolute Gasteiger partial charge is 0.493 e. The van der Waals surface area contributed by atoms with Gasteiger partial charge in [0.15, 0.2) is 0 Å². The highest BCUT2D eigenvalue weighted by Gasteiger charge is 2.26. The van der Waals surface area contributed by atoms with Gasteiger partial charge in [0.05, 0.1) is 24.0 Å². The minimum Gasteiger partial charge on any atom is -0.493 e. The molecule has 1 aromatic carbocycles. The van der Waals surface area contributed by atoms with Crippen molar-refractivity contribution in [1.82, 2.24) is 0 Å². The number of rotatable bonds is 16. The van der Waals surface area contributed by atoms with Gasteiger partial charge in [0.25, 0.3) is 0 Å². The third-order valence-electron chi connectivity index (χ3n) is 5.39. The van der Waals surface area contributed by atoms with Crippen molar-refractivity contribution in [1.29, 1.82) is 0 Å². The molecule has 2 N–H and O–H groups in total. The maximum absolute atomic E-state index is 11.1. The Labute approximate surface area is 180 Å². The summed E-state index contributed by atoms with van der Waals surface area (Å²) in [5.41, 5.74) is -1.34. The Hall–Kier alpha value is -2.24. The van der Waals surface area contributed by atoms with Crippen LogP contribution in [0.15, 0.2) is 24.3 Å². The molecule has 0 radical (unpaired) electrons. The molecule has 1 rings (SSSR count). The van der Waals surface area contributed by atoms with Crippen molar-refractivity contribution in [3.63, 3.8) is 0 Å². The molecule has 1 aromatic rings. The SMILES string of the molecule is CC(C)(CCCCCOc1cccc(OCCCCCC(C)(C)C(=O)O)c1)C(=O)O. The Bertz CT molecular complexity index is 612. The summed E-state index contributed by atoms with van der Waals surface area (Å²) in [7, 11) is 0. The Morgan fingerprint density at radius 2 is 1.13 bits per heavy atom. The first-order valence-electron chi connectivity index (χ1n) is 10.9. The first-order valence-corrected chi connectivity index (χ1v) is 10.9. The predicted molar refractivity (Wildman–Crippen MR) is 117 cm³/mol. The second-order valence-corrected chi connectivity index (χ2v) is 9.17. The first kappa shape index (κ1) is 25.8. The lowest BCUT2D eigenvalue weighted by atomic mass is 9.87. The predicted octanol–water partition coefficient (Wildman–Crippen LogP) is 5.79. The van der Waals surface area contributed by atoms with Crippen molar-refractivity contribution in [2.45, 2.75) is 79.1 Å². The second kappa shape index (κ2) is 12.5. The molecule has 0 fully saturated rings. The summed E-state index contributed by atoms with van der Waals surface area (Å²) in [6.07, 6.45) is 6.71. The van der Waals surface area contributed by atoms with Gasteiger partial charge < -0.3 is 19.7 Å². The molecule has 0 heterocycles. The molecule has 6 heteroatoms. The van der Waals surface area contributed by atoms with Gasteiger partial charge in [-0.05, 0) is 65.5 Å². The fourth-order valence-electron chi connectivity index (χ4n) is 2.94. The molecule has 0 aliphatic rings. The lowest BCUT2D eigenvalue weighted by Gasteiger charge is -2.18. The zero-order valence-corrected chi connectivity index (χ0v) is 18.9. The van der Waals surface area contributed by atoms with Gasteiger partial charge in [-0.25, -0.2) is 0 Å². The van der Waals surface area contributed by atoms with Crippen LogP contribution in [0.5, 0.6) is 11.5 Å². The number of unbranched alkanes of at least 4 members (excludes halogenated alkanes) is 4. The Morgan fingerprint density at radius 1 is 0.733 bits per heavy atom. The minimum atomic E-state index is -0.750. The van der Waals surface area contributed by atoms with E-state index in [9.17, 15) is 9.59 Å². The molecule has 0 unspecified atom stereocenters. The minimum absolute atomic E-state index is 0.594. The summed E-state index contributed by atoms with van der Waals surface area (Å²) < 4.78 is 11.6. The Morgan fingerprint density at radius 3 is 1.50 bits per heavy atom. The van der Waals surface area contributed by atoms with Crippen LogP contribution in [0.1, 0.15) is 79.1 Å². The van der Waals surface area contributed by atoms with E-state index in [0.717, 1.165) is 50.0 Å². The van der Waals surface area contributed by atoms with Gasteiger partial charge in [0.1, 0.15) is 11.5 Å². The molecule has 0 saturated carbocycles. The van der Waals surface area contributed by atoms with Gasteiger partial charge in [-0.2, -0.15) is 0 Å². The van der Waals surface area contributed by atoms with E-state index < -0.39 is 22.8 Å². The summed E-state index contributed by atoms with van der Waals surface area (Å²) in [6, 6.07) is 7.57. The van der Waals surface area contributed by atoms with Crippen LogP contribution in [0.3, 0.4) is 0 Å². The maximum Gasteiger partial charge on any atom is 0.309 e. The molecule has 0 aromatic heterocycles. The Balaban J connectivity index is 2.19. The van der Waals surface area contributed by atoms with Crippen molar-refractivity contribution in [2.24, 2.45) is 10.8 Å². The number of ether oxygens (including phenoxy) is 2. The zero-order chi connectivity index (χ0) is 22.6. The molecular formula is C24H38O6. The van der Waals surface area contributed by atoms with Crippen LogP contribution in [0.4, 0.5) is 0 Å². The summed E-state index contributed by atoms with van der Waals surface area (Å²) in [6.45, 7) is 8.22. The first-order chi connectivity index (χ1) is 14.0. The molecule has 0 aliphatic carbocycles. The molecule has 0 aliphatic heterocycles. The second-order valence-electron chi connectivity index (χ2n) is 9.17. The molecule has 0 amide bonds. The van der Waals surface area contributed by atoms with Gasteiger partial charge in [0.2, 0.25) is 0 Å². The van der Waals surface area contributed by atoms with E-state index in [0.29, 0.717) is 26.1 Å². The molecule has 0 atom stereocenters. The maximum atomic E-state index is 11.1. The van der Waals surface area contributed by atoms with E-state index in [1.54, 1.807) is 27.7 Å². The molecular weight excluding hydrogens is 384 g/mol. The number of benzene rings is 1. The monoisotopic (exact) mass is 422 g/mol. The summed E-state index contributed by atoms with van der Waals surface area (Å²) in [4.78, 5) is 22.2. The van der Waals surface area contributed by atoms with E-state index in [1.807, 2.05) is 24.3 Å². The van der Waals surface area contributed by atoms with Crippen molar-refractivity contribution in [2.75, 3.05) is 13.2 Å². The van der Waals surface area contributed by atoms with Crippen molar-refractivity contribution < 1.29 is 29.3 Å². The Kier molecular flexibility index (Phi) is 10.7. The number of carbonyl (C=O) groups is 2. The van der Waals surface area contributed by atoms with E-state index in [4.69, 9.17) is 19.7 Å². The highest BCUT2D eigenvalue weighted by atomic mass is 16.5. The third-order valence-corrected chi connectivity index (χ3v) is 5.39. The van der Waals surface area contributed by atoms with Crippen LogP contribution < -0.4 is 9.47 Å². The van der Waals surface area contributed by atoms with Crippen LogP contribution in [0.25, 0.3) is 0 Å². The average Bonchev–Trinajstić information content (AvgIpc) is 2.67. The number of hydrogen-bond acceptors (Lipinski definition) is 4. The van der Waals surface area contributed by atoms with E-state index in [-0.39, 0.29) is 0 Å². The van der Waals surface area contributed by atoms with E-state index in [2.05, 4.69) is 0 Å². The quantitative estimate of drug-likeness (QED) is 0.328. The van der Waals surface area contributed by atoms with E-state index in [1.165, 1.54) is 0 Å². The third kappa shape index (κ3) is 9.99. The van der Waals surface area contributed by atoms with Crippen molar-refractivity contribution in [3.8, 4) is 11.5 Å². The van der Waals surface area contributed by atoms with Crippen LogP contribution in [0.2, 0.25) is 0 Å². The fourth-order valence-corrected chi connectivity index (χ4v) is 2.94. The summed E-state index contributed by atoms with van der Waals surface area (Å²) >= 11 is 0.